The summed E-state index contributed by atoms with van der Waals surface area (Å²) in [6.07, 6.45) is 0.423. The number of carbonyl (C=O) groups is 2. The van der Waals surface area contributed by atoms with Gasteiger partial charge in [-0.25, -0.2) is 4.79 Å². The Morgan fingerprint density at radius 2 is 1.68 bits per heavy atom. The number of benzene rings is 1. The minimum Gasteiger partial charge on any atom is -0.326 e. The highest BCUT2D eigenvalue weighted by Gasteiger charge is 2.44. The molecule has 4 nitrogen and oxygen atoms in total. The Labute approximate surface area is 115 Å². The molecule has 3 amide bonds. The Kier molecular flexibility index (Phi) is 3.49. The van der Waals surface area contributed by atoms with Crippen LogP contribution in [0, 0.1) is 0 Å². The molecule has 1 fully saturated rings. The number of nitrogens with zero attached hydrogens (tertiary/aromatic N) is 2. The number of amides is 3. The topological polar surface area (TPSA) is 40.6 Å². The van der Waals surface area contributed by atoms with Crippen molar-refractivity contribution in [3.8, 4) is 0 Å². The lowest BCUT2D eigenvalue weighted by molar-refractivity contribution is -0.130. The third-order valence-corrected chi connectivity index (χ3v) is 8.23. The summed E-state index contributed by atoms with van der Waals surface area (Å²) in [5, 5.41) is 1.28. The third kappa shape index (κ3) is 2.30. The van der Waals surface area contributed by atoms with E-state index in [2.05, 4.69) is 25.2 Å². The third-order valence-electron chi connectivity index (χ3n) is 4.15. The van der Waals surface area contributed by atoms with Crippen LogP contribution in [-0.2, 0) is 4.79 Å². The Morgan fingerprint density at radius 1 is 1.11 bits per heavy atom. The van der Waals surface area contributed by atoms with Gasteiger partial charge in [0.15, 0.2) is 0 Å². The molecular weight excluding hydrogens is 256 g/mol. The van der Waals surface area contributed by atoms with E-state index in [0.717, 1.165) is 0 Å². The molecule has 102 valence electrons. The molecule has 1 aliphatic rings. The molecule has 0 aromatic heterocycles. The molecule has 1 saturated heterocycles. The molecule has 0 bridgehead atoms. The van der Waals surface area contributed by atoms with Crippen LogP contribution in [0.4, 0.5) is 4.79 Å². The normalized spacial score (nSPS) is 20.9. The second kappa shape index (κ2) is 4.81. The lowest BCUT2D eigenvalue weighted by Crippen LogP contribution is -2.66. The SMILES string of the molecule is CN1C(=O)CC([Si](C)(C)c2ccccc2)N(C)C1=O. The standard InChI is InChI=1S/C14H20N2O2Si/c1-15-12(17)10-13(16(2)14(15)18)19(3,4)11-8-6-5-7-9-11/h5-9,13H,10H2,1-4H3. The minimum absolute atomic E-state index is 0.0195. The Hall–Kier alpha value is -1.62. The summed E-state index contributed by atoms with van der Waals surface area (Å²) in [5.41, 5.74) is 0.0195. The van der Waals surface area contributed by atoms with Crippen molar-refractivity contribution in [1.29, 1.82) is 0 Å². The summed E-state index contributed by atoms with van der Waals surface area (Å²) < 4.78 is 0. The molecule has 1 heterocycles. The van der Waals surface area contributed by atoms with E-state index in [4.69, 9.17) is 0 Å². The molecule has 1 aliphatic heterocycles. The predicted molar refractivity (Wildman–Crippen MR) is 77.9 cm³/mol. The fourth-order valence-corrected chi connectivity index (χ4v) is 5.92. The van der Waals surface area contributed by atoms with E-state index < -0.39 is 8.07 Å². The van der Waals surface area contributed by atoms with Gasteiger partial charge in [0.2, 0.25) is 5.91 Å². The largest absolute Gasteiger partial charge is 0.326 e. The van der Waals surface area contributed by atoms with Gasteiger partial charge in [-0.3, -0.25) is 9.69 Å². The molecule has 1 unspecified atom stereocenters. The average molecular weight is 276 g/mol. The zero-order chi connectivity index (χ0) is 14.2. The average Bonchev–Trinajstić information content (AvgIpc) is 2.41. The molecule has 0 aliphatic carbocycles. The van der Waals surface area contributed by atoms with Crippen LogP contribution in [0.25, 0.3) is 0 Å². The van der Waals surface area contributed by atoms with E-state index in [1.54, 1.807) is 19.0 Å². The maximum absolute atomic E-state index is 12.1. The van der Waals surface area contributed by atoms with E-state index in [0.29, 0.717) is 6.42 Å². The highest BCUT2D eigenvalue weighted by atomic mass is 28.3. The lowest BCUT2D eigenvalue weighted by atomic mass is 10.3. The van der Waals surface area contributed by atoms with Gasteiger partial charge in [-0.1, -0.05) is 48.6 Å². The number of hydrogen-bond donors (Lipinski definition) is 0. The molecule has 1 atom stereocenters. The van der Waals surface area contributed by atoms with Gasteiger partial charge < -0.3 is 4.90 Å². The van der Waals surface area contributed by atoms with Crippen LogP contribution in [-0.4, -0.2) is 49.6 Å². The van der Waals surface area contributed by atoms with Crippen molar-refractivity contribution in [3.63, 3.8) is 0 Å². The molecule has 2 rings (SSSR count). The highest BCUT2D eigenvalue weighted by molar-refractivity contribution is 6.91. The molecule has 1 aromatic rings. The summed E-state index contributed by atoms with van der Waals surface area (Å²) in [6.45, 7) is 4.44. The zero-order valence-corrected chi connectivity index (χ0v) is 12.9. The van der Waals surface area contributed by atoms with Crippen molar-refractivity contribution < 1.29 is 9.59 Å². The van der Waals surface area contributed by atoms with Gasteiger partial charge in [-0.05, 0) is 0 Å². The van der Waals surface area contributed by atoms with Gasteiger partial charge in [-0.15, -0.1) is 0 Å². The first-order valence-electron chi connectivity index (χ1n) is 6.44. The Balaban J connectivity index is 2.35. The highest BCUT2D eigenvalue weighted by Crippen LogP contribution is 2.23. The van der Waals surface area contributed by atoms with Gasteiger partial charge in [0.05, 0.1) is 0 Å². The van der Waals surface area contributed by atoms with Crippen molar-refractivity contribution in [2.45, 2.75) is 25.2 Å². The van der Waals surface area contributed by atoms with Crippen LogP contribution in [0.2, 0.25) is 13.1 Å². The molecular formula is C14H20N2O2Si. The number of hydrogen-bond acceptors (Lipinski definition) is 2. The summed E-state index contributed by atoms with van der Waals surface area (Å²) in [7, 11) is 1.45. The smallest absolute Gasteiger partial charge is 0.326 e. The predicted octanol–water partition coefficient (Wildman–Crippen LogP) is 1.42. The van der Waals surface area contributed by atoms with Crippen LogP contribution in [0.5, 0.6) is 0 Å². The number of imide groups is 1. The summed E-state index contributed by atoms with van der Waals surface area (Å²) in [4.78, 5) is 27.0. The second-order valence-electron chi connectivity index (χ2n) is 5.65. The minimum atomic E-state index is -1.90. The number of rotatable bonds is 2. The maximum Gasteiger partial charge on any atom is 0.326 e. The van der Waals surface area contributed by atoms with E-state index >= 15 is 0 Å². The lowest BCUT2D eigenvalue weighted by Gasteiger charge is -2.43. The molecule has 5 heteroatoms. The Bertz CT molecular complexity index is 501. The summed E-state index contributed by atoms with van der Waals surface area (Å²) >= 11 is 0. The van der Waals surface area contributed by atoms with Crippen molar-refractivity contribution in [2.75, 3.05) is 14.1 Å². The first-order chi connectivity index (χ1) is 8.85. The number of carbonyl (C=O) groups excluding carboxylic acids is 2. The molecule has 19 heavy (non-hydrogen) atoms. The van der Waals surface area contributed by atoms with Crippen LogP contribution >= 0.6 is 0 Å². The van der Waals surface area contributed by atoms with Gasteiger partial charge in [0.25, 0.3) is 0 Å². The van der Waals surface area contributed by atoms with Crippen molar-refractivity contribution in [1.82, 2.24) is 9.80 Å². The van der Waals surface area contributed by atoms with Crippen molar-refractivity contribution in [2.24, 2.45) is 0 Å². The summed E-state index contributed by atoms with van der Waals surface area (Å²) in [5.74, 6) is -0.0791. The molecule has 0 spiro atoms. The van der Waals surface area contributed by atoms with E-state index in [1.165, 1.54) is 10.1 Å². The Morgan fingerprint density at radius 3 is 2.26 bits per heavy atom. The van der Waals surface area contributed by atoms with Crippen molar-refractivity contribution >= 4 is 25.2 Å². The van der Waals surface area contributed by atoms with Crippen LogP contribution in [0.15, 0.2) is 30.3 Å². The van der Waals surface area contributed by atoms with Crippen LogP contribution < -0.4 is 5.19 Å². The molecule has 0 saturated carbocycles. The van der Waals surface area contributed by atoms with Gasteiger partial charge in [0, 0.05) is 26.2 Å². The first-order valence-corrected chi connectivity index (χ1v) is 9.52. The van der Waals surface area contributed by atoms with E-state index in [-0.39, 0.29) is 17.6 Å². The first kappa shape index (κ1) is 13.8. The fourth-order valence-electron chi connectivity index (χ4n) is 2.72. The summed E-state index contributed by atoms with van der Waals surface area (Å²) in [6, 6.07) is 10.0. The molecule has 0 radical (unpaired) electrons. The van der Waals surface area contributed by atoms with Gasteiger partial charge in [0.1, 0.15) is 8.07 Å². The maximum atomic E-state index is 12.1. The zero-order valence-electron chi connectivity index (χ0n) is 11.9. The quantitative estimate of drug-likeness (QED) is 0.767. The fraction of sp³-hybridized carbons (Fsp3) is 0.429. The van der Waals surface area contributed by atoms with E-state index in [9.17, 15) is 9.59 Å². The van der Waals surface area contributed by atoms with Gasteiger partial charge >= 0.3 is 6.03 Å². The molecule has 0 N–H and O–H groups in total. The number of urea groups is 1. The van der Waals surface area contributed by atoms with Crippen molar-refractivity contribution in [3.05, 3.63) is 30.3 Å². The monoisotopic (exact) mass is 276 g/mol. The van der Waals surface area contributed by atoms with Crippen LogP contribution in [0.3, 0.4) is 0 Å². The van der Waals surface area contributed by atoms with Crippen LogP contribution in [0.1, 0.15) is 6.42 Å². The van der Waals surface area contributed by atoms with Gasteiger partial charge in [-0.2, -0.15) is 0 Å². The second-order valence-corrected chi connectivity index (χ2v) is 10.3. The molecule has 1 aromatic carbocycles. The van der Waals surface area contributed by atoms with E-state index in [1.807, 2.05) is 18.2 Å².